The smallest absolute Gasteiger partial charge is 0.258 e. The minimum atomic E-state index is -3.56. The molecule has 0 saturated carbocycles. The second-order valence-electron chi connectivity index (χ2n) is 6.73. The normalized spacial score (nSPS) is 15.1. The van der Waals surface area contributed by atoms with Gasteiger partial charge in [0.15, 0.2) is 0 Å². The van der Waals surface area contributed by atoms with Crippen molar-refractivity contribution >= 4 is 21.6 Å². The van der Waals surface area contributed by atoms with E-state index in [0.29, 0.717) is 54.8 Å². The maximum Gasteiger partial charge on any atom is 0.258 e. The molecule has 1 aliphatic heterocycles. The van der Waals surface area contributed by atoms with E-state index < -0.39 is 10.0 Å². The zero-order chi connectivity index (χ0) is 21.1. The first-order chi connectivity index (χ1) is 14.4. The van der Waals surface area contributed by atoms with Crippen LogP contribution < -0.4 is 5.32 Å². The van der Waals surface area contributed by atoms with Crippen molar-refractivity contribution in [1.29, 1.82) is 0 Å². The number of benzene rings is 2. The zero-order valence-electron chi connectivity index (χ0n) is 16.2. The molecule has 3 aromatic rings. The summed E-state index contributed by atoms with van der Waals surface area (Å²) < 4.78 is 37.4. The predicted molar refractivity (Wildman–Crippen MR) is 109 cm³/mol. The molecule has 0 spiro atoms. The summed E-state index contributed by atoms with van der Waals surface area (Å²) in [6.45, 7) is 2.91. The second-order valence-corrected chi connectivity index (χ2v) is 8.66. The number of carbonyl (C=O) groups is 1. The van der Waals surface area contributed by atoms with E-state index in [2.05, 4.69) is 15.5 Å². The summed E-state index contributed by atoms with van der Waals surface area (Å²) in [6, 6.07) is 13.4. The zero-order valence-corrected chi connectivity index (χ0v) is 17.1. The number of hydrogen-bond donors (Lipinski definition) is 1. The lowest BCUT2D eigenvalue weighted by Crippen LogP contribution is -2.40. The molecule has 1 fully saturated rings. The van der Waals surface area contributed by atoms with Gasteiger partial charge in [0.05, 0.1) is 18.1 Å². The Balaban J connectivity index is 1.55. The first kappa shape index (κ1) is 20.2. The predicted octanol–water partition coefficient (Wildman–Crippen LogP) is 2.38. The number of hydrogen-bond acceptors (Lipinski definition) is 7. The third kappa shape index (κ3) is 4.25. The van der Waals surface area contributed by atoms with Gasteiger partial charge < -0.3 is 14.6 Å². The molecular formula is C20H20N4O5S. The molecule has 0 unspecified atom stereocenters. The molecular weight excluding hydrogens is 408 g/mol. The number of sulfonamides is 1. The number of rotatable bonds is 5. The van der Waals surface area contributed by atoms with Crippen LogP contribution in [0.3, 0.4) is 0 Å². The largest absolute Gasteiger partial charge is 0.379 e. The van der Waals surface area contributed by atoms with Gasteiger partial charge in [-0.3, -0.25) is 4.79 Å². The van der Waals surface area contributed by atoms with Crippen molar-refractivity contribution < 1.29 is 22.5 Å². The average molecular weight is 428 g/mol. The summed E-state index contributed by atoms with van der Waals surface area (Å²) in [6.07, 6.45) is 0. The fourth-order valence-corrected chi connectivity index (χ4v) is 4.51. The molecule has 2 aromatic carbocycles. The molecule has 30 heavy (non-hydrogen) atoms. The number of amides is 1. The van der Waals surface area contributed by atoms with Crippen LogP contribution in [0.25, 0.3) is 22.8 Å². The molecule has 10 heteroatoms. The highest BCUT2D eigenvalue weighted by Gasteiger charge is 2.26. The maximum absolute atomic E-state index is 12.7. The molecule has 1 N–H and O–H groups in total. The highest BCUT2D eigenvalue weighted by molar-refractivity contribution is 7.89. The van der Waals surface area contributed by atoms with Crippen molar-refractivity contribution in [3.63, 3.8) is 0 Å². The van der Waals surface area contributed by atoms with E-state index in [1.165, 1.54) is 23.4 Å². The number of carbonyl (C=O) groups excluding carboxylic acids is 1. The summed E-state index contributed by atoms with van der Waals surface area (Å²) in [7, 11) is -3.56. The van der Waals surface area contributed by atoms with Gasteiger partial charge in [-0.2, -0.15) is 9.29 Å². The monoisotopic (exact) mass is 428 g/mol. The topological polar surface area (TPSA) is 115 Å². The van der Waals surface area contributed by atoms with Crippen LogP contribution in [0.4, 0.5) is 5.69 Å². The van der Waals surface area contributed by atoms with Crippen molar-refractivity contribution in [2.45, 2.75) is 11.8 Å². The lowest BCUT2D eigenvalue weighted by Gasteiger charge is -2.26. The van der Waals surface area contributed by atoms with E-state index >= 15 is 0 Å². The van der Waals surface area contributed by atoms with Gasteiger partial charge in [0, 0.05) is 36.8 Å². The van der Waals surface area contributed by atoms with Crippen molar-refractivity contribution in [2.24, 2.45) is 0 Å². The number of nitrogens with one attached hydrogen (secondary N) is 1. The minimum Gasteiger partial charge on any atom is -0.379 e. The van der Waals surface area contributed by atoms with E-state index in [1.54, 1.807) is 36.4 Å². The minimum absolute atomic E-state index is 0.175. The Kier molecular flexibility index (Phi) is 5.62. The first-order valence-electron chi connectivity index (χ1n) is 9.33. The van der Waals surface area contributed by atoms with Crippen molar-refractivity contribution in [2.75, 3.05) is 31.6 Å². The van der Waals surface area contributed by atoms with Crippen molar-refractivity contribution in [1.82, 2.24) is 14.4 Å². The van der Waals surface area contributed by atoms with Crippen LogP contribution in [0.15, 0.2) is 57.9 Å². The molecule has 4 rings (SSSR count). The van der Waals surface area contributed by atoms with Gasteiger partial charge in [0.25, 0.3) is 5.89 Å². The molecule has 2 heterocycles. The van der Waals surface area contributed by atoms with Gasteiger partial charge >= 0.3 is 0 Å². The number of ether oxygens (including phenoxy) is 1. The van der Waals surface area contributed by atoms with Crippen LogP contribution in [0.1, 0.15) is 6.92 Å². The van der Waals surface area contributed by atoms with Crippen molar-refractivity contribution in [3.05, 3.63) is 48.5 Å². The fraction of sp³-hybridized carbons (Fsp3) is 0.250. The number of anilines is 1. The fourth-order valence-electron chi connectivity index (χ4n) is 3.10. The number of nitrogens with zero attached hydrogens (tertiary/aromatic N) is 3. The maximum atomic E-state index is 12.7. The lowest BCUT2D eigenvalue weighted by atomic mass is 10.2. The Labute approximate surface area is 173 Å². The molecule has 1 aromatic heterocycles. The molecule has 0 aliphatic carbocycles. The Morgan fingerprint density at radius 2 is 1.80 bits per heavy atom. The Bertz CT molecular complexity index is 1150. The van der Waals surface area contributed by atoms with Crippen LogP contribution >= 0.6 is 0 Å². The van der Waals surface area contributed by atoms with Crippen LogP contribution in [0.5, 0.6) is 0 Å². The lowest BCUT2D eigenvalue weighted by molar-refractivity contribution is -0.114. The quantitative estimate of drug-likeness (QED) is 0.663. The third-order valence-corrected chi connectivity index (χ3v) is 6.49. The van der Waals surface area contributed by atoms with Gasteiger partial charge in [-0.15, -0.1) is 0 Å². The summed E-state index contributed by atoms with van der Waals surface area (Å²) in [4.78, 5) is 15.8. The number of aromatic nitrogens is 2. The Morgan fingerprint density at radius 3 is 2.50 bits per heavy atom. The summed E-state index contributed by atoms with van der Waals surface area (Å²) >= 11 is 0. The average Bonchev–Trinajstić information content (AvgIpc) is 3.25. The molecule has 1 saturated heterocycles. The highest BCUT2D eigenvalue weighted by Crippen LogP contribution is 2.26. The van der Waals surface area contributed by atoms with E-state index in [-0.39, 0.29) is 10.8 Å². The summed E-state index contributed by atoms with van der Waals surface area (Å²) in [5, 5.41) is 6.69. The SMILES string of the molecule is CC(=O)Nc1cccc(-c2nc(-c3ccc(S(=O)(=O)N4CCOCC4)cc3)no2)c1. The summed E-state index contributed by atoms with van der Waals surface area (Å²) in [5.74, 6) is 0.456. The molecule has 1 amide bonds. The number of morpholine rings is 1. The molecule has 9 nitrogen and oxygen atoms in total. The van der Waals surface area contributed by atoms with Crippen molar-refractivity contribution in [3.8, 4) is 22.8 Å². The standard InChI is InChI=1S/C20H20N4O5S/c1-14(25)21-17-4-2-3-16(13-17)20-22-19(23-29-20)15-5-7-18(8-6-15)30(26,27)24-9-11-28-12-10-24/h2-8,13H,9-12H2,1H3,(H,21,25). The molecule has 0 radical (unpaired) electrons. The van der Waals surface area contributed by atoms with E-state index in [4.69, 9.17) is 9.26 Å². The summed E-state index contributed by atoms with van der Waals surface area (Å²) in [5.41, 5.74) is 1.91. The van der Waals surface area contributed by atoms with Gasteiger partial charge in [0.1, 0.15) is 0 Å². The van der Waals surface area contributed by atoms with E-state index in [0.717, 1.165) is 0 Å². The van der Waals surface area contributed by atoms with Crippen LogP contribution in [0, 0.1) is 0 Å². The van der Waals surface area contributed by atoms with Crippen LogP contribution in [-0.2, 0) is 19.6 Å². The second kappa shape index (κ2) is 8.34. The highest BCUT2D eigenvalue weighted by atomic mass is 32.2. The third-order valence-electron chi connectivity index (χ3n) is 4.58. The van der Waals surface area contributed by atoms with E-state index in [1.807, 2.05) is 0 Å². The molecule has 0 bridgehead atoms. The Hall–Kier alpha value is -3.08. The van der Waals surface area contributed by atoms with Gasteiger partial charge in [-0.1, -0.05) is 11.2 Å². The van der Waals surface area contributed by atoms with E-state index in [9.17, 15) is 13.2 Å². The first-order valence-corrected chi connectivity index (χ1v) is 10.8. The van der Waals surface area contributed by atoms with Crippen LogP contribution in [-0.4, -0.2) is 55.1 Å². The molecule has 0 atom stereocenters. The van der Waals surface area contributed by atoms with Gasteiger partial charge in [-0.25, -0.2) is 8.42 Å². The molecule has 1 aliphatic rings. The van der Waals surface area contributed by atoms with Gasteiger partial charge in [0.2, 0.25) is 21.8 Å². The Morgan fingerprint density at radius 1 is 1.07 bits per heavy atom. The van der Waals surface area contributed by atoms with Gasteiger partial charge in [-0.05, 0) is 42.5 Å². The van der Waals surface area contributed by atoms with Crippen LogP contribution in [0.2, 0.25) is 0 Å². The molecule has 156 valence electrons.